The maximum absolute atomic E-state index is 13.0. The molecule has 1 aliphatic heterocycles. The van der Waals surface area contributed by atoms with Crippen molar-refractivity contribution in [2.75, 3.05) is 13.6 Å². The highest BCUT2D eigenvalue weighted by Crippen LogP contribution is 2.27. The fraction of sp³-hybridized carbons (Fsp3) is 0.455. The van der Waals surface area contributed by atoms with Crippen LogP contribution in [-0.4, -0.2) is 57.6 Å². The van der Waals surface area contributed by atoms with Gasteiger partial charge in [0.25, 0.3) is 5.91 Å². The van der Waals surface area contributed by atoms with E-state index in [9.17, 15) is 14.4 Å². The number of carbonyl (C=O) groups excluding carboxylic acids is 3. The fourth-order valence-corrected chi connectivity index (χ4v) is 3.39. The van der Waals surface area contributed by atoms with Crippen LogP contribution in [0.25, 0.3) is 11.4 Å². The number of benzene rings is 1. The highest BCUT2D eigenvalue weighted by atomic mass is 16.6. The van der Waals surface area contributed by atoms with Gasteiger partial charge < -0.3 is 24.8 Å². The van der Waals surface area contributed by atoms with Gasteiger partial charge in [0.1, 0.15) is 17.5 Å². The van der Waals surface area contributed by atoms with E-state index in [1.54, 1.807) is 11.8 Å². The van der Waals surface area contributed by atoms with Gasteiger partial charge in [-0.25, -0.2) is 9.78 Å². The summed E-state index contributed by atoms with van der Waals surface area (Å²) >= 11 is 0. The molecular weight excluding hydrogens is 398 g/mol. The largest absolute Gasteiger partial charge is 0.444 e. The van der Waals surface area contributed by atoms with Crippen LogP contribution in [0.1, 0.15) is 43.9 Å². The first kappa shape index (κ1) is 22.3. The van der Waals surface area contributed by atoms with Gasteiger partial charge in [0.15, 0.2) is 5.69 Å². The number of nitrogens with zero attached hydrogens (tertiary/aromatic N) is 3. The number of hydrogen-bond acceptors (Lipinski definition) is 5. The smallest absolute Gasteiger partial charge is 0.410 e. The molecule has 0 spiro atoms. The fourth-order valence-electron chi connectivity index (χ4n) is 3.39. The number of ether oxygens (including phenoxy) is 1. The third-order valence-electron chi connectivity index (χ3n) is 4.89. The summed E-state index contributed by atoms with van der Waals surface area (Å²) < 4.78 is 7.45. The third-order valence-corrected chi connectivity index (χ3v) is 4.89. The number of carbonyl (C=O) groups is 3. The van der Waals surface area contributed by atoms with Crippen molar-refractivity contribution >= 4 is 17.9 Å². The number of aromatic nitrogens is 2. The molecule has 0 saturated carbocycles. The second kappa shape index (κ2) is 8.79. The number of likely N-dealkylation sites (N-methyl/N-ethyl adjacent to an activating group) is 1. The molecular formula is C22H29N5O4. The Bertz CT molecular complexity index is 978. The van der Waals surface area contributed by atoms with Crippen LogP contribution in [0.5, 0.6) is 0 Å². The summed E-state index contributed by atoms with van der Waals surface area (Å²) in [5, 5.41) is 5.19. The van der Waals surface area contributed by atoms with Crippen molar-refractivity contribution in [1.29, 1.82) is 0 Å². The number of nitrogens with one attached hydrogen (secondary N) is 2. The molecule has 0 fully saturated rings. The first-order valence-electron chi connectivity index (χ1n) is 10.3. The minimum atomic E-state index is -0.722. The van der Waals surface area contributed by atoms with E-state index in [4.69, 9.17) is 4.74 Å². The molecule has 0 unspecified atom stereocenters. The van der Waals surface area contributed by atoms with Crippen molar-refractivity contribution in [3.8, 4) is 11.4 Å². The third kappa shape index (κ3) is 5.04. The Morgan fingerprint density at radius 1 is 1.13 bits per heavy atom. The van der Waals surface area contributed by atoms with Crippen molar-refractivity contribution in [3.05, 3.63) is 41.7 Å². The molecule has 9 nitrogen and oxygen atoms in total. The van der Waals surface area contributed by atoms with E-state index >= 15 is 0 Å². The van der Waals surface area contributed by atoms with Crippen LogP contribution in [0, 0.1) is 0 Å². The van der Waals surface area contributed by atoms with E-state index in [-0.39, 0.29) is 18.1 Å². The Kier molecular flexibility index (Phi) is 6.33. The van der Waals surface area contributed by atoms with Gasteiger partial charge in [-0.05, 0) is 27.7 Å². The van der Waals surface area contributed by atoms with Crippen LogP contribution in [0.3, 0.4) is 0 Å². The van der Waals surface area contributed by atoms with Crippen molar-refractivity contribution in [1.82, 2.24) is 25.1 Å². The first-order chi connectivity index (χ1) is 14.6. The summed E-state index contributed by atoms with van der Waals surface area (Å²) in [7, 11) is 1.51. The highest BCUT2D eigenvalue weighted by molar-refractivity contribution is 5.97. The SMILES string of the molecule is CNC(=O)[C@H](C)NC(=O)c1nc(-c2ccccc2)n2c1CN(C(=O)OC(C)(C)C)CC2. The molecule has 1 atom stereocenters. The predicted molar refractivity (Wildman–Crippen MR) is 115 cm³/mol. The minimum Gasteiger partial charge on any atom is -0.444 e. The van der Waals surface area contributed by atoms with Crippen molar-refractivity contribution < 1.29 is 19.1 Å². The molecule has 31 heavy (non-hydrogen) atoms. The molecule has 1 aromatic heterocycles. The molecule has 166 valence electrons. The van der Waals surface area contributed by atoms with Crippen LogP contribution in [0.15, 0.2) is 30.3 Å². The van der Waals surface area contributed by atoms with Gasteiger partial charge in [0, 0.05) is 25.7 Å². The van der Waals surface area contributed by atoms with Crippen molar-refractivity contribution in [3.63, 3.8) is 0 Å². The molecule has 1 aliphatic rings. The monoisotopic (exact) mass is 427 g/mol. The lowest BCUT2D eigenvalue weighted by Gasteiger charge is -2.31. The zero-order chi connectivity index (χ0) is 22.8. The van der Waals surface area contributed by atoms with Crippen LogP contribution in [0.4, 0.5) is 4.79 Å². The lowest BCUT2D eigenvalue weighted by molar-refractivity contribution is -0.122. The van der Waals surface area contributed by atoms with Crippen molar-refractivity contribution in [2.24, 2.45) is 0 Å². The number of imidazole rings is 1. The Hall–Kier alpha value is -3.36. The zero-order valence-electron chi connectivity index (χ0n) is 18.6. The predicted octanol–water partition coefficient (Wildman–Crippen LogP) is 2.17. The normalized spacial score (nSPS) is 14.4. The van der Waals surface area contributed by atoms with Gasteiger partial charge in [-0.3, -0.25) is 9.59 Å². The molecule has 2 N–H and O–H groups in total. The van der Waals surface area contributed by atoms with Crippen LogP contribution < -0.4 is 10.6 Å². The number of rotatable bonds is 4. The summed E-state index contributed by atoms with van der Waals surface area (Å²) in [4.78, 5) is 43.6. The number of amides is 3. The summed E-state index contributed by atoms with van der Waals surface area (Å²) in [5.41, 5.74) is 1.06. The average molecular weight is 428 g/mol. The topological polar surface area (TPSA) is 106 Å². The Labute approximate surface area is 181 Å². The maximum Gasteiger partial charge on any atom is 0.410 e. The van der Waals surface area contributed by atoms with Crippen LogP contribution in [-0.2, 0) is 22.6 Å². The van der Waals surface area contributed by atoms with Gasteiger partial charge in [0.2, 0.25) is 5.91 Å². The number of fused-ring (bicyclic) bond motifs is 1. The number of hydrogen-bond donors (Lipinski definition) is 2. The average Bonchev–Trinajstić information content (AvgIpc) is 3.11. The molecule has 0 saturated heterocycles. The Morgan fingerprint density at radius 2 is 1.81 bits per heavy atom. The standard InChI is InChI=1S/C22H29N5O4/c1-14(19(28)23-5)24-20(29)17-16-13-26(21(30)31-22(2,3)4)11-12-27(16)18(25-17)15-9-7-6-8-10-15/h6-10,14H,11-13H2,1-5H3,(H,23,28)(H,24,29)/t14-/m0/s1. The molecule has 1 aromatic carbocycles. The Balaban J connectivity index is 1.96. The Morgan fingerprint density at radius 3 is 2.42 bits per heavy atom. The van der Waals surface area contributed by atoms with E-state index in [2.05, 4.69) is 15.6 Å². The summed E-state index contributed by atoms with van der Waals surface area (Å²) in [6, 6.07) is 8.84. The molecule has 3 rings (SSSR count). The quantitative estimate of drug-likeness (QED) is 0.778. The zero-order valence-corrected chi connectivity index (χ0v) is 18.6. The molecule has 0 bridgehead atoms. The maximum atomic E-state index is 13.0. The first-order valence-corrected chi connectivity index (χ1v) is 10.3. The summed E-state index contributed by atoms with van der Waals surface area (Å²) in [6.07, 6.45) is -0.439. The second-order valence-corrected chi connectivity index (χ2v) is 8.46. The second-order valence-electron chi connectivity index (χ2n) is 8.46. The summed E-state index contributed by atoms with van der Waals surface area (Å²) in [5.74, 6) is -0.120. The molecule has 0 radical (unpaired) electrons. The molecule has 9 heteroatoms. The van der Waals surface area contributed by atoms with Gasteiger partial charge in [-0.15, -0.1) is 0 Å². The van der Waals surface area contributed by atoms with Crippen molar-refractivity contribution in [2.45, 2.75) is 52.4 Å². The minimum absolute atomic E-state index is 0.186. The van der Waals surface area contributed by atoms with E-state index in [1.807, 2.05) is 55.7 Å². The lowest BCUT2D eigenvalue weighted by Crippen LogP contribution is -2.45. The van der Waals surface area contributed by atoms with E-state index in [0.29, 0.717) is 24.6 Å². The van der Waals surface area contributed by atoms with Gasteiger partial charge in [-0.1, -0.05) is 30.3 Å². The lowest BCUT2D eigenvalue weighted by atomic mass is 10.2. The molecule has 3 amide bonds. The van der Waals surface area contributed by atoms with E-state index in [1.165, 1.54) is 7.05 Å². The molecule has 2 heterocycles. The van der Waals surface area contributed by atoms with Gasteiger partial charge in [-0.2, -0.15) is 0 Å². The highest BCUT2D eigenvalue weighted by Gasteiger charge is 2.32. The summed E-state index contributed by atoms with van der Waals surface area (Å²) in [6.45, 7) is 8.14. The van der Waals surface area contributed by atoms with Gasteiger partial charge in [0.05, 0.1) is 12.2 Å². The van der Waals surface area contributed by atoms with E-state index in [0.717, 1.165) is 5.56 Å². The molecule has 2 aromatic rings. The van der Waals surface area contributed by atoms with Crippen LogP contribution >= 0.6 is 0 Å². The van der Waals surface area contributed by atoms with Gasteiger partial charge >= 0.3 is 6.09 Å². The molecule has 0 aliphatic carbocycles. The van der Waals surface area contributed by atoms with Crippen LogP contribution in [0.2, 0.25) is 0 Å². The van der Waals surface area contributed by atoms with E-state index < -0.39 is 23.6 Å².